The second-order valence-electron chi connectivity index (χ2n) is 7.33. The largest absolute Gasteiger partial charge is 0.353 e. The number of fused-ring (bicyclic) bond motifs is 1. The molecule has 0 bridgehead atoms. The van der Waals surface area contributed by atoms with Gasteiger partial charge in [-0.05, 0) is 42.5 Å². The van der Waals surface area contributed by atoms with Crippen molar-refractivity contribution in [3.63, 3.8) is 0 Å². The highest BCUT2D eigenvalue weighted by molar-refractivity contribution is 6.30. The molecule has 2 N–H and O–H groups in total. The third-order valence-corrected chi connectivity index (χ3v) is 5.71. The predicted molar refractivity (Wildman–Crippen MR) is 135 cm³/mol. The summed E-state index contributed by atoms with van der Waals surface area (Å²) in [5.41, 5.74) is 8.97. The molecule has 0 unspecified atom stereocenters. The van der Waals surface area contributed by atoms with Crippen molar-refractivity contribution in [3.05, 3.63) is 66.1 Å². The summed E-state index contributed by atoms with van der Waals surface area (Å²) in [6.45, 7) is 2.59. The van der Waals surface area contributed by atoms with Crippen molar-refractivity contribution in [2.24, 2.45) is 5.73 Å². The molecule has 1 aromatic carbocycles. The number of urea groups is 1. The first kappa shape index (κ1) is 24.6. The SMILES string of the molecule is Cl.Cl.NC(=O)N1CCN(c2ccc(-c3nc4ccncc4n3-c3ccc(Cl)cc3)cn2)CC1. The minimum absolute atomic E-state index is 0. The Morgan fingerprint density at radius 3 is 2.30 bits per heavy atom. The standard InChI is InChI=1S/C22H20ClN7O.2ClH/c23-16-2-4-17(5-3-16)30-19-14-25-8-7-18(19)27-21(30)15-1-6-20(26-13-15)28-9-11-29(12-10-28)22(24)31;;/h1-8,13-14H,9-12H2,(H2,24,31);2*1H. The summed E-state index contributed by atoms with van der Waals surface area (Å²) >= 11 is 6.09. The van der Waals surface area contributed by atoms with E-state index in [1.165, 1.54) is 0 Å². The number of hydrogen-bond donors (Lipinski definition) is 1. The van der Waals surface area contributed by atoms with Gasteiger partial charge in [-0.15, -0.1) is 24.8 Å². The van der Waals surface area contributed by atoms with Gasteiger partial charge in [0.2, 0.25) is 0 Å². The molecular formula is C22H22Cl3N7O. The van der Waals surface area contributed by atoms with E-state index in [1.54, 1.807) is 17.3 Å². The molecule has 0 radical (unpaired) electrons. The van der Waals surface area contributed by atoms with E-state index in [0.717, 1.165) is 33.9 Å². The van der Waals surface area contributed by atoms with Crippen LogP contribution >= 0.6 is 36.4 Å². The summed E-state index contributed by atoms with van der Waals surface area (Å²) in [4.78, 5) is 28.9. The average molecular weight is 507 g/mol. The van der Waals surface area contributed by atoms with Crippen LogP contribution in [0, 0.1) is 0 Å². The lowest BCUT2D eigenvalue weighted by Crippen LogP contribution is -2.50. The van der Waals surface area contributed by atoms with Gasteiger partial charge in [0.05, 0.1) is 17.2 Å². The molecule has 4 heterocycles. The fraction of sp³-hybridized carbons (Fsp3) is 0.182. The molecule has 4 aromatic rings. The summed E-state index contributed by atoms with van der Waals surface area (Å²) in [5.74, 6) is 1.65. The summed E-state index contributed by atoms with van der Waals surface area (Å²) in [6, 6.07) is 13.2. The monoisotopic (exact) mass is 505 g/mol. The number of hydrogen-bond acceptors (Lipinski definition) is 5. The van der Waals surface area contributed by atoms with Gasteiger partial charge in [-0.2, -0.15) is 0 Å². The molecule has 0 aliphatic carbocycles. The maximum Gasteiger partial charge on any atom is 0.314 e. The zero-order valence-corrected chi connectivity index (χ0v) is 19.9. The van der Waals surface area contributed by atoms with Crippen LogP contribution in [0.5, 0.6) is 0 Å². The van der Waals surface area contributed by atoms with Crippen molar-refractivity contribution in [2.75, 3.05) is 31.1 Å². The van der Waals surface area contributed by atoms with E-state index < -0.39 is 0 Å². The number of nitrogens with two attached hydrogens (primary N) is 1. The van der Waals surface area contributed by atoms with Crippen LogP contribution in [0.4, 0.5) is 10.6 Å². The fourth-order valence-corrected chi connectivity index (χ4v) is 3.96. The zero-order chi connectivity index (χ0) is 21.4. The zero-order valence-electron chi connectivity index (χ0n) is 17.5. The minimum atomic E-state index is -0.376. The Hall–Kier alpha value is -3.07. The van der Waals surface area contributed by atoms with Gasteiger partial charge in [0.25, 0.3) is 0 Å². The van der Waals surface area contributed by atoms with Gasteiger partial charge in [0, 0.05) is 54.8 Å². The molecule has 2 amide bonds. The number of piperazine rings is 1. The smallest absolute Gasteiger partial charge is 0.314 e. The molecule has 1 fully saturated rings. The molecule has 0 atom stereocenters. The van der Waals surface area contributed by atoms with Crippen LogP contribution in [0.2, 0.25) is 5.02 Å². The first-order chi connectivity index (χ1) is 15.1. The van der Waals surface area contributed by atoms with E-state index >= 15 is 0 Å². The molecule has 1 aliphatic rings. The van der Waals surface area contributed by atoms with E-state index in [9.17, 15) is 4.79 Å². The number of halogens is 3. The van der Waals surface area contributed by atoms with Crippen molar-refractivity contribution in [2.45, 2.75) is 0 Å². The van der Waals surface area contributed by atoms with Gasteiger partial charge in [-0.1, -0.05) is 11.6 Å². The second kappa shape index (κ2) is 10.2. The molecule has 1 saturated heterocycles. The molecule has 11 heteroatoms. The van der Waals surface area contributed by atoms with Crippen molar-refractivity contribution in [1.29, 1.82) is 0 Å². The lowest BCUT2D eigenvalue weighted by atomic mass is 10.2. The van der Waals surface area contributed by atoms with Crippen molar-refractivity contribution in [3.8, 4) is 17.1 Å². The van der Waals surface area contributed by atoms with E-state index in [0.29, 0.717) is 31.2 Å². The highest BCUT2D eigenvalue weighted by atomic mass is 35.5. The Morgan fingerprint density at radius 2 is 1.67 bits per heavy atom. The van der Waals surface area contributed by atoms with E-state index in [4.69, 9.17) is 22.3 Å². The highest BCUT2D eigenvalue weighted by Gasteiger charge is 2.21. The van der Waals surface area contributed by atoms with E-state index in [1.807, 2.05) is 48.7 Å². The van der Waals surface area contributed by atoms with Gasteiger partial charge >= 0.3 is 6.03 Å². The number of rotatable bonds is 3. The highest BCUT2D eigenvalue weighted by Crippen LogP contribution is 2.29. The van der Waals surface area contributed by atoms with Crippen LogP contribution in [-0.4, -0.2) is 56.6 Å². The number of benzene rings is 1. The van der Waals surface area contributed by atoms with E-state index in [2.05, 4.69) is 19.4 Å². The quantitative estimate of drug-likeness (QED) is 0.450. The van der Waals surface area contributed by atoms with Gasteiger partial charge in [0.15, 0.2) is 0 Å². The molecule has 33 heavy (non-hydrogen) atoms. The van der Waals surface area contributed by atoms with Crippen molar-refractivity contribution < 1.29 is 4.79 Å². The summed E-state index contributed by atoms with van der Waals surface area (Å²) in [6.07, 6.45) is 5.37. The molecule has 0 spiro atoms. The summed E-state index contributed by atoms with van der Waals surface area (Å²) in [7, 11) is 0. The molecule has 172 valence electrons. The number of aromatic nitrogens is 4. The predicted octanol–water partition coefficient (Wildman–Crippen LogP) is 4.18. The van der Waals surface area contributed by atoms with Crippen molar-refractivity contribution in [1.82, 2.24) is 24.4 Å². The Morgan fingerprint density at radius 1 is 0.939 bits per heavy atom. The number of anilines is 1. The Kier molecular flexibility index (Phi) is 7.63. The summed E-state index contributed by atoms with van der Waals surface area (Å²) < 4.78 is 2.06. The van der Waals surface area contributed by atoms with Crippen LogP contribution in [0.25, 0.3) is 28.1 Å². The first-order valence-corrected chi connectivity index (χ1v) is 10.3. The minimum Gasteiger partial charge on any atom is -0.353 e. The number of imidazole rings is 1. The van der Waals surface area contributed by atoms with Gasteiger partial charge in [0.1, 0.15) is 11.6 Å². The Bertz CT molecular complexity index is 1240. The number of nitrogens with zero attached hydrogens (tertiary/aromatic N) is 6. The number of pyridine rings is 2. The maximum absolute atomic E-state index is 11.3. The maximum atomic E-state index is 11.3. The molecule has 3 aromatic heterocycles. The normalized spacial score (nSPS) is 13.4. The topological polar surface area (TPSA) is 93.2 Å². The lowest BCUT2D eigenvalue weighted by Gasteiger charge is -2.34. The summed E-state index contributed by atoms with van der Waals surface area (Å²) in [5, 5.41) is 0.676. The third kappa shape index (κ3) is 4.83. The molecular weight excluding hydrogens is 485 g/mol. The van der Waals surface area contributed by atoms with Crippen LogP contribution in [-0.2, 0) is 0 Å². The molecule has 1 aliphatic heterocycles. The van der Waals surface area contributed by atoms with Crippen LogP contribution in [0.3, 0.4) is 0 Å². The molecule has 0 saturated carbocycles. The van der Waals surface area contributed by atoms with Gasteiger partial charge < -0.3 is 15.5 Å². The van der Waals surface area contributed by atoms with Crippen LogP contribution in [0.15, 0.2) is 61.1 Å². The Labute approximate surface area is 208 Å². The van der Waals surface area contributed by atoms with Gasteiger partial charge in [-0.25, -0.2) is 14.8 Å². The first-order valence-electron chi connectivity index (χ1n) is 9.94. The third-order valence-electron chi connectivity index (χ3n) is 5.46. The number of carbonyl (C=O) groups excluding carboxylic acids is 1. The van der Waals surface area contributed by atoms with E-state index in [-0.39, 0.29) is 30.8 Å². The average Bonchev–Trinajstić information content (AvgIpc) is 3.19. The molecule has 8 nitrogen and oxygen atoms in total. The molecule has 5 rings (SSSR count). The second-order valence-corrected chi connectivity index (χ2v) is 7.77. The fourth-order valence-electron chi connectivity index (χ4n) is 3.83. The number of amides is 2. The van der Waals surface area contributed by atoms with Crippen LogP contribution < -0.4 is 10.6 Å². The number of carbonyl (C=O) groups is 1. The van der Waals surface area contributed by atoms with Crippen molar-refractivity contribution >= 4 is 59.3 Å². The van der Waals surface area contributed by atoms with Gasteiger partial charge in [-0.3, -0.25) is 9.55 Å². The lowest BCUT2D eigenvalue weighted by molar-refractivity contribution is 0.204. The van der Waals surface area contributed by atoms with Crippen LogP contribution in [0.1, 0.15) is 0 Å². The Balaban J connectivity index is 0.00000153. The number of primary amides is 1.